The van der Waals surface area contributed by atoms with Gasteiger partial charge in [0.1, 0.15) is 37.2 Å². The molecule has 5 rings (SSSR count). The van der Waals surface area contributed by atoms with E-state index in [1.165, 1.54) is 12.7 Å². The first-order chi connectivity index (χ1) is 18.4. The van der Waals surface area contributed by atoms with E-state index in [2.05, 4.69) is 26.0 Å². The van der Waals surface area contributed by atoms with Crippen molar-refractivity contribution in [1.29, 1.82) is 5.26 Å². The Labute approximate surface area is 222 Å². The number of nitrogens with one attached hydrogen (secondary N) is 1. The lowest BCUT2D eigenvalue weighted by Gasteiger charge is -2.30. The number of amides is 1. The zero-order valence-corrected chi connectivity index (χ0v) is 21.9. The van der Waals surface area contributed by atoms with E-state index in [9.17, 15) is 10.1 Å². The zero-order valence-electron chi connectivity index (χ0n) is 21.9. The van der Waals surface area contributed by atoms with Gasteiger partial charge >= 0.3 is 6.09 Å². The number of ether oxygens (including phenoxy) is 2. The molecule has 0 aliphatic heterocycles. The number of carbonyl (C=O) groups is 1. The summed E-state index contributed by atoms with van der Waals surface area (Å²) in [6.45, 7) is 6.93. The molecule has 1 aliphatic carbocycles. The van der Waals surface area contributed by atoms with Crippen molar-refractivity contribution in [1.82, 2.24) is 19.3 Å². The lowest BCUT2D eigenvalue weighted by molar-refractivity contribution is 0.0940. The van der Waals surface area contributed by atoms with Crippen molar-refractivity contribution in [3.8, 4) is 23.1 Å². The van der Waals surface area contributed by atoms with Crippen LogP contribution in [0.4, 0.5) is 10.5 Å². The summed E-state index contributed by atoms with van der Waals surface area (Å²) in [6.07, 6.45) is 5.83. The maximum absolute atomic E-state index is 12.3. The minimum absolute atomic E-state index is 0.179. The molecule has 1 fully saturated rings. The van der Waals surface area contributed by atoms with Gasteiger partial charge in [-0.1, -0.05) is 26.0 Å². The van der Waals surface area contributed by atoms with E-state index in [1.54, 1.807) is 11.0 Å². The summed E-state index contributed by atoms with van der Waals surface area (Å²) in [7, 11) is 0. The second kappa shape index (κ2) is 11.0. The number of rotatable bonds is 9. The van der Waals surface area contributed by atoms with Crippen molar-refractivity contribution in [2.75, 3.05) is 11.9 Å². The van der Waals surface area contributed by atoms with E-state index in [0.29, 0.717) is 36.2 Å². The number of hydrogen-bond donors (Lipinski definition) is 1. The van der Waals surface area contributed by atoms with Gasteiger partial charge in [0.2, 0.25) is 0 Å². The molecule has 1 unspecified atom stereocenters. The molecule has 38 heavy (non-hydrogen) atoms. The SMILES string of the molecule is CC(C)C(C)OC(=O)Nc1ccc(-c2c(C#N)c3cc(OCCn4cncn4)ccc3n2C2CCC2)cc1. The standard InChI is InChI=1S/C29H32N6O3/c1-19(2)20(3)38-29(36)33-22-9-7-21(8-10-22)28-26(16-30)25-15-24(37-14-13-34-18-31-17-32-34)11-12-27(25)35(28)23-5-4-6-23/h7-12,15,17-20,23H,4-6,13-14H2,1-3H3,(H,33,36). The summed E-state index contributed by atoms with van der Waals surface area (Å²) in [6, 6.07) is 16.3. The van der Waals surface area contributed by atoms with Crippen LogP contribution >= 0.6 is 0 Å². The first kappa shape index (κ1) is 25.3. The first-order valence-corrected chi connectivity index (χ1v) is 13.1. The fourth-order valence-corrected chi connectivity index (χ4v) is 4.57. The number of carbonyl (C=O) groups excluding carboxylic acids is 1. The molecule has 4 aromatic rings. The predicted molar refractivity (Wildman–Crippen MR) is 145 cm³/mol. The van der Waals surface area contributed by atoms with Gasteiger partial charge in [-0.2, -0.15) is 10.4 Å². The molecule has 0 bridgehead atoms. The molecule has 0 radical (unpaired) electrons. The summed E-state index contributed by atoms with van der Waals surface area (Å²) in [4.78, 5) is 16.2. The second-order valence-corrected chi connectivity index (χ2v) is 10.0. The molecule has 2 aromatic carbocycles. The lowest BCUT2D eigenvalue weighted by atomic mass is 9.92. The van der Waals surface area contributed by atoms with Crippen molar-refractivity contribution in [2.45, 2.75) is 58.7 Å². The minimum atomic E-state index is -0.475. The number of nitrogens with zero attached hydrogens (tertiary/aromatic N) is 5. The van der Waals surface area contributed by atoms with Crippen LogP contribution in [-0.2, 0) is 11.3 Å². The van der Waals surface area contributed by atoms with Gasteiger partial charge in [-0.3, -0.25) is 5.32 Å². The molecule has 1 saturated carbocycles. The van der Waals surface area contributed by atoms with Gasteiger partial charge < -0.3 is 14.0 Å². The Kier molecular flexibility index (Phi) is 7.31. The van der Waals surface area contributed by atoms with Crippen molar-refractivity contribution < 1.29 is 14.3 Å². The monoisotopic (exact) mass is 512 g/mol. The maximum Gasteiger partial charge on any atom is 0.411 e. The maximum atomic E-state index is 12.3. The molecule has 2 heterocycles. The normalized spacial score (nSPS) is 14.2. The van der Waals surface area contributed by atoms with E-state index in [1.807, 2.05) is 63.2 Å². The minimum Gasteiger partial charge on any atom is -0.492 e. The fraction of sp³-hybridized carbons (Fsp3) is 0.379. The van der Waals surface area contributed by atoms with E-state index in [0.717, 1.165) is 35.0 Å². The van der Waals surface area contributed by atoms with Gasteiger partial charge in [0.25, 0.3) is 0 Å². The zero-order chi connectivity index (χ0) is 26.6. The molecule has 1 N–H and O–H groups in total. The predicted octanol–water partition coefficient (Wildman–Crippen LogP) is 6.17. The Morgan fingerprint density at radius 3 is 2.61 bits per heavy atom. The highest BCUT2D eigenvalue weighted by Crippen LogP contribution is 2.43. The molecular weight excluding hydrogens is 480 g/mol. The van der Waals surface area contributed by atoms with Crippen LogP contribution in [0.1, 0.15) is 51.6 Å². The Hall–Kier alpha value is -4.32. The quantitative estimate of drug-likeness (QED) is 0.287. The van der Waals surface area contributed by atoms with Gasteiger partial charge in [0.15, 0.2) is 0 Å². The number of nitriles is 1. The molecule has 0 saturated heterocycles. The van der Waals surface area contributed by atoms with Crippen molar-refractivity contribution >= 4 is 22.7 Å². The largest absolute Gasteiger partial charge is 0.492 e. The molecule has 9 nitrogen and oxygen atoms in total. The fourth-order valence-electron chi connectivity index (χ4n) is 4.57. The Balaban J connectivity index is 1.43. The van der Waals surface area contributed by atoms with Crippen LogP contribution < -0.4 is 10.1 Å². The number of aromatic nitrogens is 4. The highest BCUT2D eigenvalue weighted by Gasteiger charge is 2.28. The molecule has 2 aromatic heterocycles. The molecule has 0 spiro atoms. The Bertz CT molecular complexity index is 1450. The van der Waals surface area contributed by atoms with Crippen LogP contribution in [0.2, 0.25) is 0 Å². The van der Waals surface area contributed by atoms with Crippen molar-refractivity contribution in [3.05, 3.63) is 60.7 Å². The average Bonchev–Trinajstić information content (AvgIpc) is 3.49. The highest BCUT2D eigenvalue weighted by atomic mass is 16.6. The third kappa shape index (κ3) is 5.21. The van der Waals surface area contributed by atoms with E-state index in [4.69, 9.17) is 9.47 Å². The Morgan fingerprint density at radius 1 is 1.18 bits per heavy atom. The van der Waals surface area contributed by atoms with Crippen molar-refractivity contribution in [2.24, 2.45) is 5.92 Å². The number of benzene rings is 2. The van der Waals surface area contributed by atoms with Gasteiger partial charge in [0, 0.05) is 17.1 Å². The number of fused-ring (bicyclic) bond motifs is 1. The first-order valence-electron chi connectivity index (χ1n) is 13.1. The summed E-state index contributed by atoms with van der Waals surface area (Å²) < 4.78 is 15.4. The molecule has 196 valence electrons. The van der Waals surface area contributed by atoms with Crippen molar-refractivity contribution in [3.63, 3.8) is 0 Å². The van der Waals surface area contributed by atoms with Gasteiger partial charge in [-0.25, -0.2) is 14.5 Å². The van der Waals surface area contributed by atoms with Crippen LogP contribution in [0, 0.1) is 17.2 Å². The Morgan fingerprint density at radius 2 is 1.97 bits per heavy atom. The summed E-state index contributed by atoms with van der Waals surface area (Å²) in [5.74, 6) is 0.945. The average molecular weight is 513 g/mol. The number of anilines is 1. The summed E-state index contributed by atoms with van der Waals surface area (Å²) >= 11 is 0. The smallest absolute Gasteiger partial charge is 0.411 e. The second-order valence-electron chi connectivity index (χ2n) is 10.0. The van der Waals surface area contributed by atoms with Crippen LogP contribution in [0.3, 0.4) is 0 Å². The summed E-state index contributed by atoms with van der Waals surface area (Å²) in [5, 5.41) is 18.0. The topological polar surface area (TPSA) is 107 Å². The van der Waals surface area contributed by atoms with E-state index in [-0.39, 0.29) is 12.0 Å². The molecular formula is C29H32N6O3. The van der Waals surface area contributed by atoms with Gasteiger partial charge in [-0.05, 0) is 68.0 Å². The third-order valence-corrected chi connectivity index (χ3v) is 7.22. The van der Waals surface area contributed by atoms with Crippen LogP contribution in [0.5, 0.6) is 5.75 Å². The van der Waals surface area contributed by atoms with Crippen LogP contribution in [0.15, 0.2) is 55.1 Å². The third-order valence-electron chi connectivity index (χ3n) is 7.22. The van der Waals surface area contributed by atoms with E-state index < -0.39 is 6.09 Å². The molecule has 9 heteroatoms. The lowest BCUT2D eigenvalue weighted by Crippen LogP contribution is -2.23. The van der Waals surface area contributed by atoms with Crippen LogP contribution in [-0.4, -0.2) is 38.1 Å². The van der Waals surface area contributed by atoms with Crippen LogP contribution in [0.25, 0.3) is 22.2 Å². The molecule has 1 amide bonds. The number of hydrogen-bond acceptors (Lipinski definition) is 6. The van der Waals surface area contributed by atoms with Gasteiger partial charge in [0.05, 0.1) is 23.3 Å². The highest BCUT2D eigenvalue weighted by molar-refractivity contribution is 5.96. The molecule has 1 aliphatic rings. The van der Waals surface area contributed by atoms with Gasteiger partial charge in [-0.15, -0.1) is 0 Å². The summed E-state index contributed by atoms with van der Waals surface area (Å²) in [5.41, 5.74) is 4.11. The molecule has 1 atom stereocenters. The van der Waals surface area contributed by atoms with E-state index >= 15 is 0 Å².